The van der Waals surface area contributed by atoms with E-state index < -0.39 is 13.9 Å². The average molecular weight is 402 g/mol. The highest BCUT2D eigenvalue weighted by molar-refractivity contribution is 5.32. The fourth-order valence-electron chi connectivity index (χ4n) is 3.44. The van der Waals surface area contributed by atoms with Crippen molar-refractivity contribution < 1.29 is 13.9 Å². The van der Waals surface area contributed by atoms with Gasteiger partial charge in [-0.05, 0) is 11.1 Å². The molecule has 0 spiro atoms. The van der Waals surface area contributed by atoms with Crippen molar-refractivity contribution in [1.29, 1.82) is 0 Å². The fraction of sp³-hybridized carbons (Fsp3) is 0.478. The lowest BCUT2D eigenvalue weighted by Gasteiger charge is -2.48. The normalized spacial score (nSPS) is 13.1. The smallest absolute Gasteiger partial charge is 0.129 e. The van der Waals surface area contributed by atoms with Gasteiger partial charge in [0.15, 0.2) is 0 Å². The Labute approximate surface area is 175 Å². The number of rotatable bonds is 11. The Morgan fingerprint density at radius 1 is 0.586 bits per heavy atom. The van der Waals surface area contributed by atoms with E-state index in [0.717, 1.165) is 0 Å². The molecule has 0 bridgehead atoms. The summed E-state index contributed by atoms with van der Waals surface area (Å²) in [4.78, 5) is 0. The standard InChI is InChI=1S/C23H35N3O3/c1-24(2,27)17-19-26(29,20-18-25(3,4)28)16-15-23(21-11-7-5-8-12-21)22-13-9-6-10-14-22/h5-14,23H,15-20H2,1-4H3. The number of benzene rings is 2. The molecular weight excluding hydrogens is 366 g/mol. The Morgan fingerprint density at radius 3 is 1.31 bits per heavy atom. The lowest BCUT2D eigenvalue weighted by molar-refractivity contribution is -0.942. The SMILES string of the molecule is C[N+](C)([O-])CC[N+]([O-])(CCC(c1ccccc1)c1ccccc1)CC[N+](C)(C)[O-]. The van der Waals surface area contributed by atoms with Crippen molar-refractivity contribution in [2.24, 2.45) is 0 Å². The van der Waals surface area contributed by atoms with Gasteiger partial charge in [0.25, 0.3) is 0 Å². The topological polar surface area (TPSA) is 69.2 Å². The molecule has 0 radical (unpaired) electrons. The molecule has 0 atom stereocenters. The first-order chi connectivity index (χ1) is 13.5. The molecule has 2 rings (SSSR count). The van der Waals surface area contributed by atoms with E-state index in [1.165, 1.54) is 11.1 Å². The fourth-order valence-corrected chi connectivity index (χ4v) is 3.44. The first-order valence-corrected chi connectivity index (χ1v) is 10.2. The Morgan fingerprint density at radius 2 is 0.966 bits per heavy atom. The van der Waals surface area contributed by atoms with Crippen LogP contribution in [0.1, 0.15) is 23.5 Å². The highest BCUT2D eigenvalue weighted by atomic mass is 16.6. The van der Waals surface area contributed by atoms with Gasteiger partial charge < -0.3 is 29.6 Å². The Balaban J connectivity index is 2.20. The second-order valence-corrected chi connectivity index (χ2v) is 8.99. The minimum Gasteiger partial charge on any atom is -0.633 e. The molecule has 2 aromatic rings. The highest BCUT2D eigenvalue weighted by Gasteiger charge is 2.25. The summed E-state index contributed by atoms with van der Waals surface area (Å²) in [7, 11) is 6.20. The van der Waals surface area contributed by atoms with Gasteiger partial charge in [-0.15, -0.1) is 0 Å². The van der Waals surface area contributed by atoms with E-state index >= 15 is 0 Å². The maximum atomic E-state index is 13.6. The summed E-state index contributed by atoms with van der Waals surface area (Å²) >= 11 is 0. The maximum absolute atomic E-state index is 13.6. The zero-order chi connectivity index (χ0) is 21.5. The van der Waals surface area contributed by atoms with Crippen molar-refractivity contribution in [2.75, 3.05) is 60.9 Å². The lowest BCUT2D eigenvalue weighted by atomic mass is 9.88. The van der Waals surface area contributed by atoms with Crippen LogP contribution in [0.3, 0.4) is 0 Å². The summed E-state index contributed by atoms with van der Waals surface area (Å²) < 4.78 is -1.51. The quantitative estimate of drug-likeness (QED) is 0.426. The van der Waals surface area contributed by atoms with Crippen LogP contribution in [-0.2, 0) is 0 Å². The molecule has 2 aromatic carbocycles. The van der Waals surface area contributed by atoms with Crippen LogP contribution in [0.2, 0.25) is 0 Å². The Kier molecular flexibility index (Phi) is 7.94. The van der Waals surface area contributed by atoms with Crippen molar-refractivity contribution in [3.63, 3.8) is 0 Å². The van der Waals surface area contributed by atoms with Crippen molar-refractivity contribution in [3.8, 4) is 0 Å². The van der Waals surface area contributed by atoms with Crippen LogP contribution in [0.15, 0.2) is 60.7 Å². The monoisotopic (exact) mass is 401 g/mol. The van der Waals surface area contributed by atoms with Crippen LogP contribution in [0.25, 0.3) is 0 Å². The van der Waals surface area contributed by atoms with Gasteiger partial charge in [-0.25, -0.2) is 0 Å². The van der Waals surface area contributed by atoms with E-state index in [0.29, 0.717) is 13.0 Å². The van der Waals surface area contributed by atoms with E-state index in [4.69, 9.17) is 0 Å². The molecule has 0 saturated heterocycles. The minimum absolute atomic E-state index is 0.105. The summed E-state index contributed by atoms with van der Waals surface area (Å²) in [6.45, 7) is 1.27. The highest BCUT2D eigenvalue weighted by Crippen LogP contribution is 2.29. The third-order valence-electron chi connectivity index (χ3n) is 5.32. The third-order valence-corrected chi connectivity index (χ3v) is 5.32. The molecule has 0 N–H and O–H groups in total. The number of likely N-dealkylation sites (N-methyl/N-ethyl adjacent to an activating group) is 2. The van der Waals surface area contributed by atoms with Crippen LogP contribution in [-0.4, -0.2) is 74.9 Å². The van der Waals surface area contributed by atoms with Crippen molar-refractivity contribution in [3.05, 3.63) is 87.4 Å². The van der Waals surface area contributed by atoms with E-state index in [2.05, 4.69) is 24.3 Å². The van der Waals surface area contributed by atoms with Crippen LogP contribution in [0, 0.1) is 15.6 Å². The molecule has 0 amide bonds. The summed E-state index contributed by atoms with van der Waals surface area (Å²) in [5.41, 5.74) is 2.34. The van der Waals surface area contributed by atoms with Gasteiger partial charge in [-0.2, -0.15) is 0 Å². The van der Waals surface area contributed by atoms with Gasteiger partial charge in [-0.1, -0.05) is 60.7 Å². The van der Waals surface area contributed by atoms with E-state index in [1.807, 2.05) is 36.4 Å². The van der Waals surface area contributed by atoms with Crippen molar-refractivity contribution in [1.82, 2.24) is 0 Å². The van der Waals surface area contributed by atoms with E-state index in [9.17, 15) is 15.6 Å². The van der Waals surface area contributed by atoms with Gasteiger partial charge in [0.05, 0.1) is 34.7 Å². The molecular formula is C23H35N3O3. The molecule has 0 fully saturated rings. The summed E-state index contributed by atoms with van der Waals surface area (Å²) in [5, 5.41) is 37.7. The predicted octanol–water partition coefficient (Wildman–Crippen LogP) is 3.67. The summed E-state index contributed by atoms with van der Waals surface area (Å²) in [5.74, 6) is 0.105. The Bertz CT molecular complexity index is 667. The zero-order valence-electron chi connectivity index (χ0n) is 18.2. The van der Waals surface area contributed by atoms with Crippen molar-refractivity contribution in [2.45, 2.75) is 12.3 Å². The predicted molar refractivity (Wildman–Crippen MR) is 118 cm³/mol. The molecule has 0 aliphatic rings. The number of hydroxylamine groups is 9. The maximum Gasteiger partial charge on any atom is 0.129 e. The van der Waals surface area contributed by atoms with Crippen molar-refractivity contribution >= 4 is 0 Å². The molecule has 0 aliphatic heterocycles. The zero-order valence-corrected chi connectivity index (χ0v) is 18.2. The second-order valence-electron chi connectivity index (χ2n) is 8.99. The molecule has 0 saturated carbocycles. The summed E-state index contributed by atoms with van der Waals surface area (Å²) in [6.07, 6.45) is 0.663. The third kappa shape index (κ3) is 8.62. The number of nitrogens with zero attached hydrogens (tertiary/aromatic N) is 3. The van der Waals surface area contributed by atoms with Crippen LogP contribution >= 0.6 is 0 Å². The number of hydrogen-bond donors (Lipinski definition) is 0. The van der Waals surface area contributed by atoms with Gasteiger partial charge >= 0.3 is 0 Å². The first kappa shape index (κ1) is 23.5. The second kappa shape index (κ2) is 9.80. The van der Waals surface area contributed by atoms with Crippen LogP contribution in [0.5, 0.6) is 0 Å². The largest absolute Gasteiger partial charge is 0.633 e. The lowest BCUT2D eigenvalue weighted by Crippen LogP contribution is -2.54. The van der Waals surface area contributed by atoms with Gasteiger partial charge in [-0.3, -0.25) is 0 Å². The average Bonchev–Trinajstić information content (AvgIpc) is 2.66. The molecule has 0 aliphatic carbocycles. The molecule has 29 heavy (non-hydrogen) atoms. The molecule has 0 unspecified atom stereocenters. The summed E-state index contributed by atoms with van der Waals surface area (Å²) in [6, 6.07) is 20.4. The number of hydrogen-bond acceptors (Lipinski definition) is 3. The van der Waals surface area contributed by atoms with E-state index in [1.54, 1.807) is 28.2 Å². The first-order valence-electron chi connectivity index (χ1n) is 10.2. The minimum atomic E-state index is -0.510. The molecule has 0 heterocycles. The molecule has 6 heteroatoms. The molecule has 160 valence electrons. The van der Waals surface area contributed by atoms with Crippen LogP contribution < -0.4 is 0 Å². The van der Waals surface area contributed by atoms with Gasteiger partial charge in [0.1, 0.15) is 26.2 Å². The van der Waals surface area contributed by atoms with Crippen LogP contribution in [0.4, 0.5) is 0 Å². The molecule has 6 nitrogen and oxygen atoms in total. The van der Waals surface area contributed by atoms with E-state index in [-0.39, 0.29) is 32.1 Å². The number of quaternary nitrogens is 3. The van der Waals surface area contributed by atoms with Gasteiger partial charge in [0.2, 0.25) is 0 Å². The molecule has 0 aromatic heterocycles. The Hall–Kier alpha value is -1.80. The van der Waals surface area contributed by atoms with Gasteiger partial charge in [0, 0.05) is 12.3 Å².